The predicted octanol–water partition coefficient (Wildman–Crippen LogP) is 3.74. The van der Waals surface area contributed by atoms with Gasteiger partial charge in [0.25, 0.3) is 5.56 Å². The summed E-state index contributed by atoms with van der Waals surface area (Å²) in [6, 6.07) is 11.5. The highest BCUT2D eigenvalue weighted by atomic mass is 19.4. The van der Waals surface area contributed by atoms with E-state index in [0.29, 0.717) is 22.6 Å². The van der Waals surface area contributed by atoms with E-state index in [1.54, 1.807) is 40.9 Å². The molecule has 5 rings (SSSR count). The predicted molar refractivity (Wildman–Crippen MR) is 129 cm³/mol. The summed E-state index contributed by atoms with van der Waals surface area (Å²) >= 11 is 0. The van der Waals surface area contributed by atoms with Gasteiger partial charge in [0, 0.05) is 44.4 Å². The standard InChI is InChI=1S/C24H20F3N7O2/c1-32(2)19-8-5-16(11-28-19)34-22-18(7-9-20(30-22)36-13-24(25,26)27)29-21(23(34)35)14-4-6-17-15(10-14)12-33(3)31-17/h4-12H,13H2,1-3H3. The second kappa shape index (κ2) is 8.63. The SMILES string of the molecule is CN(C)c1ccc(-n2c(=O)c(-c3ccc4nn(C)cc4c3)nc3ccc(OCC(F)(F)F)nc32)cn1. The number of fused-ring (bicyclic) bond motifs is 2. The molecule has 5 aromatic rings. The minimum Gasteiger partial charge on any atom is -0.468 e. The number of nitrogens with zero attached hydrogens (tertiary/aromatic N) is 7. The maximum Gasteiger partial charge on any atom is 0.422 e. The topological polar surface area (TPSA) is 91.0 Å². The molecule has 0 unspecified atom stereocenters. The smallest absolute Gasteiger partial charge is 0.422 e. The van der Waals surface area contributed by atoms with Crippen LogP contribution in [-0.4, -0.2) is 56.2 Å². The largest absolute Gasteiger partial charge is 0.468 e. The molecule has 36 heavy (non-hydrogen) atoms. The first-order valence-corrected chi connectivity index (χ1v) is 10.8. The average Bonchev–Trinajstić information content (AvgIpc) is 3.21. The Morgan fingerprint density at radius 3 is 2.50 bits per heavy atom. The van der Waals surface area contributed by atoms with Gasteiger partial charge in [0.05, 0.1) is 17.4 Å². The maximum atomic E-state index is 13.8. The van der Waals surface area contributed by atoms with Gasteiger partial charge in [0.15, 0.2) is 12.3 Å². The molecule has 0 amide bonds. The van der Waals surface area contributed by atoms with Crippen LogP contribution in [-0.2, 0) is 7.05 Å². The van der Waals surface area contributed by atoms with Crippen molar-refractivity contribution >= 4 is 27.9 Å². The van der Waals surface area contributed by atoms with Crippen LogP contribution in [0.4, 0.5) is 19.0 Å². The highest BCUT2D eigenvalue weighted by Crippen LogP contribution is 2.25. The van der Waals surface area contributed by atoms with E-state index in [4.69, 9.17) is 4.74 Å². The summed E-state index contributed by atoms with van der Waals surface area (Å²) in [4.78, 5) is 28.6. The Bertz CT molecular complexity index is 1640. The first-order chi connectivity index (χ1) is 17.1. The van der Waals surface area contributed by atoms with E-state index in [9.17, 15) is 18.0 Å². The molecule has 1 aromatic carbocycles. The fraction of sp³-hybridized carbons (Fsp3) is 0.208. The number of aromatic nitrogens is 6. The molecule has 0 atom stereocenters. The summed E-state index contributed by atoms with van der Waals surface area (Å²) in [5.74, 6) is 0.381. The first-order valence-electron chi connectivity index (χ1n) is 10.8. The van der Waals surface area contributed by atoms with Gasteiger partial charge in [-0.2, -0.15) is 23.3 Å². The van der Waals surface area contributed by atoms with Crippen molar-refractivity contribution in [2.45, 2.75) is 6.18 Å². The van der Waals surface area contributed by atoms with Gasteiger partial charge in [-0.3, -0.25) is 14.0 Å². The second-order valence-electron chi connectivity index (χ2n) is 8.34. The van der Waals surface area contributed by atoms with Crippen molar-refractivity contribution in [3.05, 3.63) is 65.2 Å². The van der Waals surface area contributed by atoms with E-state index in [2.05, 4.69) is 20.1 Å². The van der Waals surface area contributed by atoms with E-state index in [0.717, 1.165) is 10.9 Å². The van der Waals surface area contributed by atoms with Crippen molar-refractivity contribution in [2.75, 3.05) is 25.6 Å². The van der Waals surface area contributed by atoms with E-state index in [1.165, 1.54) is 22.9 Å². The Morgan fingerprint density at radius 2 is 1.81 bits per heavy atom. The first kappa shape index (κ1) is 23.3. The number of ether oxygens (including phenoxy) is 1. The lowest BCUT2D eigenvalue weighted by molar-refractivity contribution is -0.154. The highest BCUT2D eigenvalue weighted by molar-refractivity contribution is 5.85. The summed E-state index contributed by atoms with van der Waals surface area (Å²) in [6.07, 6.45) is -1.21. The highest BCUT2D eigenvalue weighted by Gasteiger charge is 2.29. The van der Waals surface area contributed by atoms with Crippen LogP contribution < -0.4 is 15.2 Å². The normalized spacial score (nSPS) is 11.8. The lowest BCUT2D eigenvalue weighted by Gasteiger charge is -2.15. The van der Waals surface area contributed by atoms with Gasteiger partial charge in [-0.15, -0.1) is 0 Å². The summed E-state index contributed by atoms with van der Waals surface area (Å²) < 4.78 is 45.8. The molecule has 0 aliphatic carbocycles. The molecular weight excluding hydrogens is 475 g/mol. The number of pyridine rings is 2. The molecule has 0 aliphatic heterocycles. The molecule has 4 aromatic heterocycles. The molecule has 12 heteroatoms. The van der Waals surface area contributed by atoms with Gasteiger partial charge in [-0.1, -0.05) is 6.07 Å². The molecule has 9 nitrogen and oxygen atoms in total. The average molecular weight is 495 g/mol. The van der Waals surface area contributed by atoms with Crippen molar-refractivity contribution in [1.29, 1.82) is 0 Å². The molecule has 184 valence electrons. The molecule has 0 N–H and O–H groups in total. The maximum absolute atomic E-state index is 13.8. The van der Waals surface area contributed by atoms with Crippen LogP contribution in [0.3, 0.4) is 0 Å². The van der Waals surface area contributed by atoms with Crippen molar-refractivity contribution in [2.24, 2.45) is 7.05 Å². The minimum atomic E-state index is -4.53. The monoisotopic (exact) mass is 495 g/mol. The van der Waals surface area contributed by atoms with Crippen molar-refractivity contribution in [3.63, 3.8) is 0 Å². The number of benzene rings is 1. The van der Waals surface area contributed by atoms with Gasteiger partial charge in [0.2, 0.25) is 5.88 Å². The van der Waals surface area contributed by atoms with Crippen LogP contribution >= 0.6 is 0 Å². The summed E-state index contributed by atoms with van der Waals surface area (Å²) in [5, 5.41) is 5.18. The second-order valence-corrected chi connectivity index (χ2v) is 8.34. The van der Waals surface area contributed by atoms with Crippen LogP contribution in [0.2, 0.25) is 0 Å². The lowest BCUT2D eigenvalue weighted by atomic mass is 10.1. The number of halogens is 3. The molecule has 0 saturated carbocycles. The van der Waals surface area contributed by atoms with Gasteiger partial charge in [-0.05, 0) is 30.3 Å². The number of alkyl halides is 3. The molecule has 0 spiro atoms. The Morgan fingerprint density at radius 1 is 1.03 bits per heavy atom. The van der Waals surface area contributed by atoms with E-state index in [1.807, 2.05) is 26.4 Å². The number of hydrogen-bond acceptors (Lipinski definition) is 7. The third kappa shape index (κ3) is 4.44. The number of anilines is 1. The Kier molecular flexibility index (Phi) is 5.58. The van der Waals surface area contributed by atoms with Gasteiger partial charge >= 0.3 is 6.18 Å². The van der Waals surface area contributed by atoms with Crippen molar-refractivity contribution in [3.8, 4) is 22.8 Å². The molecular formula is C24H20F3N7O2. The van der Waals surface area contributed by atoms with E-state index in [-0.39, 0.29) is 17.2 Å². The number of aryl methyl sites for hydroxylation is 1. The molecule has 0 fully saturated rings. The zero-order valence-corrected chi connectivity index (χ0v) is 19.5. The Balaban J connectivity index is 1.72. The van der Waals surface area contributed by atoms with Gasteiger partial charge < -0.3 is 9.64 Å². The van der Waals surface area contributed by atoms with Crippen LogP contribution in [0.5, 0.6) is 5.88 Å². The zero-order chi connectivity index (χ0) is 25.6. The van der Waals surface area contributed by atoms with E-state index < -0.39 is 18.3 Å². The molecule has 0 aliphatic rings. The third-order valence-corrected chi connectivity index (χ3v) is 5.40. The molecule has 0 bridgehead atoms. The number of rotatable bonds is 5. The van der Waals surface area contributed by atoms with Gasteiger partial charge in [-0.25, -0.2) is 9.97 Å². The fourth-order valence-electron chi connectivity index (χ4n) is 3.78. The van der Waals surface area contributed by atoms with Crippen LogP contribution in [0.25, 0.3) is 39.0 Å². The summed E-state index contributed by atoms with van der Waals surface area (Å²) in [7, 11) is 5.46. The van der Waals surface area contributed by atoms with Crippen LogP contribution in [0.15, 0.2) is 59.7 Å². The molecule has 0 radical (unpaired) electrons. The van der Waals surface area contributed by atoms with Crippen molar-refractivity contribution in [1.82, 2.24) is 29.3 Å². The van der Waals surface area contributed by atoms with E-state index >= 15 is 0 Å². The summed E-state index contributed by atoms with van der Waals surface area (Å²) in [6.45, 7) is -1.51. The van der Waals surface area contributed by atoms with Crippen LogP contribution in [0.1, 0.15) is 0 Å². The quantitative estimate of drug-likeness (QED) is 0.367. The van der Waals surface area contributed by atoms with Gasteiger partial charge in [0.1, 0.15) is 17.0 Å². The van der Waals surface area contributed by atoms with Crippen molar-refractivity contribution < 1.29 is 17.9 Å². The molecule has 4 heterocycles. The summed E-state index contributed by atoms with van der Waals surface area (Å²) in [5.41, 5.74) is 1.69. The third-order valence-electron chi connectivity index (χ3n) is 5.40. The van der Waals surface area contributed by atoms with Crippen LogP contribution in [0, 0.1) is 0 Å². The lowest BCUT2D eigenvalue weighted by Crippen LogP contribution is -2.24. The Labute approximate surface area is 202 Å². The molecule has 0 saturated heterocycles. The minimum absolute atomic E-state index is 0.0466. The zero-order valence-electron chi connectivity index (χ0n) is 19.5. The fourth-order valence-corrected chi connectivity index (χ4v) is 3.78. The Hall–Kier alpha value is -4.48. The number of hydrogen-bond donors (Lipinski definition) is 0.